The Morgan fingerprint density at radius 2 is 2.00 bits per heavy atom. The lowest BCUT2D eigenvalue weighted by Crippen LogP contribution is -2.37. The number of nitrogens with two attached hydrogens (primary N) is 1. The lowest BCUT2D eigenvalue weighted by atomic mass is 10.0. The van der Waals surface area contributed by atoms with E-state index in [9.17, 15) is 8.42 Å². The lowest BCUT2D eigenvalue weighted by molar-refractivity contribution is 0.424. The molecule has 0 saturated heterocycles. The molecule has 1 aliphatic carbocycles. The summed E-state index contributed by atoms with van der Waals surface area (Å²) in [6.07, 6.45) is 4.58. The molecule has 1 atom stereocenters. The first-order valence-electron chi connectivity index (χ1n) is 6.47. The molecule has 0 amide bonds. The van der Waals surface area contributed by atoms with Crippen molar-refractivity contribution in [1.29, 1.82) is 0 Å². The number of nitrogen functional groups attached to an aromatic ring is 1. The number of rotatable bonds is 4. The zero-order chi connectivity index (χ0) is 14.0. The molecule has 0 radical (unpaired) electrons. The van der Waals surface area contributed by atoms with Gasteiger partial charge in [0.1, 0.15) is 4.90 Å². The fraction of sp³-hybridized carbons (Fsp3) is 0.538. The van der Waals surface area contributed by atoms with E-state index in [-0.39, 0.29) is 16.6 Å². The molecular weight excluding hydrogens is 328 g/mol. The van der Waals surface area contributed by atoms with Crippen LogP contribution >= 0.6 is 15.9 Å². The first kappa shape index (κ1) is 14.8. The fourth-order valence-corrected chi connectivity index (χ4v) is 4.43. The van der Waals surface area contributed by atoms with Gasteiger partial charge in [-0.25, -0.2) is 13.1 Å². The second-order valence-corrected chi connectivity index (χ2v) is 7.73. The molecule has 1 aliphatic rings. The average molecular weight is 347 g/mol. The van der Waals surface area contributed by atoms with Gasteiger partial charge in [0, 0.05) is 10.5 Å². The summed E-state index contributed by atoms with van der Waals surface area (Å²) in [7, 11) is -3.54. The van der Waals surface area contributed by atoms with E-state index < -0.39 is 10.0 Å². The van der Waals surface area contributed by atoms with Crippen molar-refractivity contribution in [2.24, 2.45) is 5.92 Å². The van der Waals surface area contributed by atoms with Crippen LogP contribution < -0.4 is 10.5 Å². The minimum absolute atomic E-state index is 0.0458. The van der Waals surface area contributed by atoms with Crippen LogP contribution in [0.2, 0.25) is 0 Å². The van der Waals surface area contributed by atoms with Gasteiger partial charge in [-0.05, 0) is 43.9 Å². The molecule has 2 rings (SSSR count). The largest absolute Gasteiger partial charge is 0.398 e. The van der Waals surface area contributed by atoms with Gasteiger partial charge < -0.3 is 5.73 Å². The predicted octanol–water partition coefficient (Wildman–Crippen LogP) is 2.89. The molecule has 19 heavy (non-hydrogen) atoms. The van der Waals surface area contributed by atoms with Crippen molar-refractivity contribution in [3.8, 4) is 0 Å². The quantitative estimate of drug-likeness (QED) is 0.823. The molecule has 1 fully saturated rings. The summed E-state index contributed by atoms with van der Waals surface area (Å²) in [5.41, 5.74) is 6.05. The van der Waals surface area contributed by atoms with E-state index in [0.29, 0.717) is 5.92 Å². The predicted molar refractivity (Wildman–Crippen MR) is 80.3 cm³/mol. The Labute approximate surface area is 122 Å². The van der Waals surface area contributed by atoms with Gasteiger partial charge in [-0.15, -0.1) is 0 Å². The summed E-state index contributed by atoms with van der Waals surface area (Å²) in [6.45, 7) is 1.93. The van der Waals surface area contributed by atoms with Crippen molar-refractivity contribution in [3.63, 3.8) is 0 Å². The maximum atomic E-state index is 12.3. The first-order chi connectivity index (χ1) is 8.90. The van der Waals surface area contributed by atoms with Crippen LogP contribution in [-0.2, 0) is 10.0 Å². The molecule has 3 N–H and O–H groups in total. The Kier molecular flexibility index (Phi) is 4.53. The molecule has 0 spiro atoms. The van der Waals surface area contributed by atoms with Crippen molar-refractivity contribution < 1.29 is 8.42 Å². The van der Waals surface area contributed by atoms with Crippen molar-refractivity contribution in [3.05, 3.63) is 22.7 Å². The maximum absolute atomic E-state index is 12.3. The molecule has 0 aromatic heterocycles. The molecule has 0 bridgehead atoms. The average Bonchev–Trinajstić information content (AvgIpc) is 2.80. The molecule has 4 nitrogen and oxygen atoms in total. The summed E-state index contributed by atoms with van der Waals surface area (Å²) < 4.78 is 28.2. The van der Waals surface area contributed by atoms with E-state index in [1.807, 2.05) is 6.92 Å². The van der Waals surface area contributed by atoms with Gasteiger partial charge in [0.05, 0.1) is 5.69 Å². The molecule has 1 saturated carbocycles. The van der Waals surface area contributed by atoms with E-state index in [4.69, 9.17) is 5.73 Å². The number of sulfonamides is 1. The van der Waals surface area contributed by atoms with Crippen LogP contribution in [0.3, 0.4) is 0 Å². The van der Waals surface area contributed by atoms with Crippen LogP contribution in [0.15, 0.2) is 27.6 Å². The molecule has 106 valence electrons. The summed E-state index contributed by atoms with van der Waals surface area (Å²) in [6, 6.07) is 4.78. The Morgan fingerprint density at radius 3 is 2.58 bits per heavy atom. The highest BCUT2D eigenvalue weighted by Crippen LogP contribution is 2.29. The van der Waals surface area contributed by atoms with E-state index >= 15 is 0 Å². The topological polar surface area (TPSA) is 72.2 Å². The number of benzene rings is 1. The monoisotopic (exact) mass is 346 g/mol. The van der Waals surface area contributed by atoms with Crippen LogP contribution in [0, 0.1) is 5.92 Å². The second kappa shape index (κ2) is 5.81. The summed E-state index contributed by atoms with van der Waals surface area (Å²) in [4.78, 5) is 0.153. The Bertz CT molecular complexity index is 554. The van der Waals surface area contributed by atoms with E-state index in [2.05, 4.69) is 20.7 Å². The zero-order valence-electron chi connectivity index (χ0n) is 10.9. The summed E-state index contributed by atoms with van der Waals surface area (Å²) in [5.74, 6) is 0.437. The normalized spacial score (nSPS) is 18.6. The minimum atomic E-state index is -3.54. The van der Waals surface area contributed by atoms with E-state index in [1.54, 1.807) is 12.1 Å². The lowest BCUT2D eigenvalue weighted by Gasteiger charge is -2.20. The molecule has 6 heteroatoms. The maximum Gasteiger partial charge on any atom is 0.242 e. The van der Waals surface area contributed by atoms with Crippen LogP contribution in [0.4, 0.5) is 5.69 Å². The van der Waals surface area contributed by atoms with Crippen LogP contribution in [-0.4, -0.2) is 14.5 Å². The number of hydrogen-bond donors (Lipinski definition) is 2. The number of halogens is 1. The minimum Gasteiger partial charge on any atom is -0.398 e. The van der Waals surface area contributed by atoms with Crippen LogP contribution in [0.5, 0.6) is 0 Å². The number of anilines is 1. The summed E-state index contributed by atoms with van der Waals surface area (Å²) in [5, 5.41) is 0. The van der Waals surface area contributed by atoms with E-state index in [0.717, 1.165) is 17.3 Å². The molecule has 0 heterocycles. The molecule has 0 aliphatic heterocycles. The summed E-state index contributed by atoms with van der Waals surface area (Å²) >= 11 is 3.27. The standard InChI is InChI=1S/C13H19BrN2O2S/c1-9(10-4-2-3-5-10)16-19(17,18)13-7-6-11(14)8-12(13)15/h6-10,16H,2-5,15H2,1H3. The third-order valence-corrected chi connectivity index (χ3v) is 5.84. The SMILES string of the molecule is CC(NS(=O)(=O)c1ccc(Br)cc1N)C1CCCC1. The Hall–Kier alpha value is -0.590. The van der Waals surface area contributed by atoms with Gasteiger partial charge in [0.15, 0.2) is 0 Å². The van der Waals surface area contributed by atoms with Crippen molar-refractivity contribution in [2.75, 3.05) is 5.73 Å². The first-order valence-corrected chi connectivity index (χ1v) is 8.75. The highest BCUT2D eigenvalue weighted by molar-refractivity contribution is 9.10. The smallest absolute Gasteiger partial charge is 0.242 e. The zero-order valence-corrected chi connectivity index (χ0v) is 13.3. The Morgan fingerprint density at radius 1 is 1.37 bits per heavy atom. The molecule has 1 unspecified atom stereocenters. The van der Waals surface area contributed by atoms with Gasteiger partial charge in [-0.1, -0.05) is 28.8 Å². The van der Waals surface area contributed by atoms with Crippen LogP contribution in [0.1, 0.15) is 32.6 Å². The highest BCUT2D eigenvalue weighted by atomic mass is 79.9. The van der Waals surface area contributed by atoms with Crippen molar-refractivity contribution in [2.45, 2.75) is 43.5 Å². The van der Waals surface area contributed by atoms with Gasteiger partial charge >= 0.3 is 0 Å². The molecule has 1 aromatic carbocycles. The van der Waals surface area contributed by atoms with Gasteiger partial charge in [0.25, 0.3) is 0 Å². The molecular formula is C13H19BrN2O2S. The van der Waals surface area contributed by atoms with Gasteiger partial charge in [-0.3, -0.25) is 0 Å². The van der Waals surface area contributed by atoms with Gasteiger partial charge in [0.2, 0.25) is 10.0 Å². The van der Waals surface area contributed by atoms with Gasteiger partial charge in [-0.2, -0.15) is 0 Å². The number of hydrogen-bond acceptors (Lipinski definition) is 3. The van der Waals surface area contributed by atoms with E-state index in [1.165, 1.54) is 18.9 Å². The van der Waals surface area contributed by atoms with Crippen molar-refractivity contribution >= 4 is 31.6 Å². The van der Waals surface area contributed by atoms with Crippen LogP contribution in [0.25, 0.3) is 0 Å². The third-order valence-electron chi connectivity index (χ3n) is 3.71. The van der Waals surface area contributed by atoms with Crippen molar-refractivity contribution in [1.82, 2.24) is 4.72 Å². The fourth-order valence-electron chi connectivity index (χ4n) is 2.63. The third kappa shape index (κ3) is 3.49. The number of nitrogens with one attached hydrogen (secondary N) is 1. The highest BCUT2D eigenvalue weighted by Gasteiger charge is 2.27. The second-order valence-electron chi connectivity index (χ2n) is 5.14. The molecule has 1 aromatic rings. The Balaban J connectivity index is 2.17.